The number of aromatic nitrogens is 1. The molecule has 0 atom stereocenters. The highest BCUT2D eigenvalue weighted by molar-refractivity contribution is 5.77. The molecular formula is C18H15F2NO4. The summed E-state index contributed by atoms with van der Waals surface area (Å²) in [5.41, 5.74) is 0.857. The summed E-state index contributed by atoms with van der Waals surface area (Å²) in [6, 6.07) is 8.73. The van der Waals surface area contributed by atoms with E-state index >= 15 is 0 Å². The van der Waals surface area contributed by atoms with Crippen LogP contribution < -0.4 is 9.47 Å². The maximum absolute atomic E-state index is 14.1. The summed E-state index contributed by atoms with van der Waals surface area (Å²) in [4.78, 5) is 0. The van der Waals surface area contributed by atoms with Crippen LogP contribution in [-0.2, 0) is 6.61 Å². The first-order valence-electron chi connectivity index (χ1n) is 7.36. The predicted octanol–water partition coefficient (Wildman–Crippen LogP) is 3.80. The molecule has 1 heterocycles. The zero-order chi connectivity index (χ0) is 18.0. The summed E-state index contributed by atoms with van der Waals surface area (Å²) in [7, 11) is 2.99. The Hall–Kier alpha value is -2.93. The van der Waals surface area contributed by atoms with Crippen LogP contribution in [0.2, 0.25) is 0 Å². The highest BCUT2D eigenvalue weighted by Gasteiger charge is 2.24. The van der Waals surface area contributed by atoms with Crippen molar-refractivity contribution in [3.8, 4) is 34.1 Å². The smallest absolute Gasteiger partial charge is 0.176 e. The van der Waals surface area contributed by atoms with Gasteiger partial charge in [0.25, 0.3) is 0 Å². The zero-order valence-electron chi connectivity index (χ0n) is 13.5. The summed E-state index contributed by atoms with van der Waals surface area (Å²) in [6.45, 7) is -0.482. The van der Waals surface area contributed by atoms with Gasteiger partial charge < -0.3 is 19.1 Å². The first-order valence-corrected chi connectivity index (χ1v) is 7.36. The fourth-order valence-corrected chi connectivity index (χ4v) is 2.56. The van der Waals surface area contributed by atoms with E-state index in [9.17, 15) is 13.9 Å². The molecule has 0 aliphatic heterocycles. The van der Waals surface area contributed by atoms with Crippen LogP contribution in [-0.4, -0.2) is 24.5 Å². The Morgan fingerprint density at radius 1 is 1.08 bits per heavy atom. The number of aliphatic hydroxyl groups is 1. The van der Waals surface area contributed by atoms with Gasteiger partial charge in [-0.3, -0.25) is 0 Å². The number of methoxy groups -OCH3 is 2. The number of aliphatic hydroxyl groups excluding tert-OH is 1. The van der Waals surface area contributed by atoms with Crippen molar-refractivity contribution in [2.75, 3.05) is 14.2 Å². The fourth-order valence-electron chi connectivity index (χ4n) is 2.56. The van der Waals surface area contributed by atoms with Crippen molar-refractivity contribution in [1.82, 2.24) is 5.16 Å². The van der Waals surface area contributed by atoms with Gasteiger partial charge in [-0.1, -0.05) is 11.2 Å². The molecule has 0 saturated heterocycles. The average Bonchev–Trinajstić information content (AvgIpc) is 3.06. The molecule has 0 fully saturated rings. The number of ether oxygens (including phenoxy) is 2. The molecule has 130 valence electrons. The van der Waals surface area contributed by atoms with Gasteiger partial charge in [0.05, 0.1) is 32.0 Å². The molecule has 0 bridgehead atoms. The third kappa shape index (κ3) is 2.94. The lowest BCUT2D eigenvalue weighted by Crippen LogP contribution is -1.95. The molecule has 25 heavy (non-hydrogen) atoms. The van der Waals surface area contributed by atoms with Crippen molar-refractivity contribution in [3.63, 3.8) is 0 Å². The number of halogens is 2. The third-order valence-corrected chi connectivity index (χ3v) is 3.80. The molecule has 0 unspecified atom stereocenters. The standard InChI is InChI=1S/C18H15F2NO4/c1-23-10-6-7-15(24-2)12(8-10)17-13(9-22)18(25-21-17)11-4-3-5-14(19)16(11)20/h3-8,22H,9H2,1-2H3. The van der Waals surface area contributed by atoms with Crippen LogP contribution in [0.4, 0.5) is 8.78 Å². The minimum atomic E-state index is -1.07. The van der Waals surface area contributed by atoms with Crippen molar-refractivity contribution >= 4 is 0 Å². The molecule has 0 amide bonds. The fraction of sp³-hybridized carbons (Fsp3) is 0.167. The Bertz CT molecular complexity index is 908. The van der Waals surface area contributed by atoms with Crippen molar-refractivity contribution in [2.45, 2.75) is 6.61 Å². The highest BCUT2D eigenvalue weighted by atomic mass is 19.2. The topological polar surface area (TPSA) is 64.7 Å². The van der Waals surface area contributed by atoms with Crippen LogP contribution in [0.5, 0.6) is 11.5 Å². The lowest BCUT2D eigenvalue weighted by atomic mass is 10.0. The summed E-state index contributed by atoms with van der Waals surface area (Å²) in [5, 5.41) is 13.7. The minimum absolute atomic E-state index is 0.0422. The molecule has 0 aliphatic carbocycles. The van der Waals surface area contributed by atoms with Gasteiger partial charge in [0.15, 0.2) is 17.4 Å². The molecule has 1 aromatic heterocycles. The molecule has 5 nitrogen and oxygen atoms in total. The van der Waals surface area contributed by atoms with E-state index < -0.39 is 18.2 Å². The normalized spacial score (nSPS) is 10.8. The van der Waals surface area contributed by atoms with Crippen molar-refractivity contribution in [3.05, 3.63) is 53.6 Å². The van der Waals surface area contributed by atoms with E-state index in [4.69, 9.17) is 14.0 Å². The average molecular weight is 347 g/mol. The van der Waals surface area contributed by atoms with Crippen LogP contribution >= 0.6 is 0 Å². The van der Waals surface area contributed by atoms with Gasteiger partial charge in [-0.25, -0.2) is 8.78 Å². The van der Waals surface area contributed by atoms with Gasteiger partial charge in [0.1, 0.15) is 17.2 Å². The minimum Gasteiger partial charge on any atom is -0.497 e. The van der Waals surface area contributed by atoms with Gasteiger partial charge in [-0.05, 0) is 30.3 Å². The number of nitrogens with zero attached hydrogens (tertiary/aromatic N) is 1. The van der Waals surface area contributed by atoms with Crippen molar-refractivity contribution in [1.29, 1.82) is 0 Å². The van der Waals surface area contributed by atoms with Gasteiger partial charge in [0.2, 0.25) is 0 Å². The van der Waals surface area contributed by atoms with E-state index in [0.29, 0.717) is 17.1 Å². The van der Waals surface area contributed by atoms with Crippen LogP contribution in [0.25, 0.3) is 22.6 Å². The monoisotopic (exact) mass is 347 g/mol. The van der Waals surface area contributed by atoms with Crippen molar-refractivity contribution in [2.24, 2.45) is 0 Å². The van der Waals surface area contributed by atoms with E-state index in [1.54, 1.807) is 18.2 Å². The zero-order valence-corrected chi connectivity index (χ0v) is 13.5. The van der Waals surface area contributed by atoms with Gasteiger partial charge in [-0.2, -0.15) is 0 Å². The molecule has 7 heteroatoms. The van der Waals surface area contributed by atoms with Gasteiger partial charge >= 0.3 is 0 Å². The van der Waals surface area contributed by atoms with Gasteiger partial charge in [0, 0.05) is 5.56 Å². The van der Waals surface area contributed by atoms with Crippen molar-refractivity contribution < 1.29 is 27.9 Å². The maximum Gasteiger partial charge on any atom is 0.176 e. The van der Waals surface area contributed by atoms with E-state index in [1.165, 1.54) is 26.4 Å². The Morgan fingerprint density at radius 2 is 1.88 bits per heavy atom. The first-order chi connectivity index (χ1) is 12.1. The predicted molar refractivity (Wildman–Crippen MR) is 86.3 cm³/mol. The van der Waals surface area contributed by atoms with E-state index in [-0.39, 0.29) is 22.6 Å². The molecule has 2 aromatic carbocycles. The number of rotatable bonds is 5. The summed E-state index contributed by atoms with van der Waals surface area (Å²) >= 11 is 0. The highest BCUT2D eigenvalue weighted by Crippen LogP contribution is 2.39. The van der Waals surface area contributed by atoms with E-state index in [2.05, 4.69) is 5.16 Å². The quantitative estimate of drug-likeness (QED) is 0.761. The van der Waals surface area contributed by atoms with Crippen LogP contribution in [0.15, 0.2) is 40.9 Å². The second-order valence-electron chi connectivity index (χ2n) is 5.16. The Balaban J connectivity index is 2.21. The Morgan fingerprint density at radius 3 is 2.56 bits per heavy atom. The van der Waals surface area contributed by atoms with Crippen LogP contribution in [0.1, 0.15) is 5.56 Å². The second kappa shape index (κ2) is 6.90. The Kier molecular flexibility index (Phi) is 4.67. The van der Waals surface area contributed by atoms with Crippen LogP contribution in [0.3, 0.4) is 0 Å². The number of hydrogen-bond donors (Lipinski definition) is 1. The summed E-state index contributed by atoms with van der Waals surface area (Å²) in [6.07, 6.45) is 0. The third-order valence-electron chi connectivity index (χ3n) is 3.80. The Labute approximate surface area is 142 Å². The van der Waals surface area contributed by atoms with Crippen LogP contribution in [0, 0.1) is 11.6 Å². The molecule has 0 radical (unpaired) electrons. The number of hydrogen-bond acceptors (Lipinski definition) is 5. The summed E-state index contributed by atoms with van der Waals surface area (Å²) < 4.78 is 43.3. The molecule has 1 N–H and O–H groups in total. The first kappa shape index (κ1) is 16.9. The summed E-state index contributed by atoms with van der Waals surface area (Å²) in [5.74, 6) is -1.12. The molecule has 3 aromatic rings. The molecule has 0 aliphatic rings. The SMILES string of the molecule is COc1ccc(OC)c(-c2noc(-c3cccc(F)c3F)c2CO)c1. The van der Waals surface area contributed by atoms with E-state index in [1.807, 2.05) is 0 Å². The molecule has 0 saturated carbocycles. The van der Waals surface area contributed by atoms with Gasteiger partial charge in [-0.15, -0.1) is 0 Å². The second-order valence-corrected chi connectivity index (χ2v) is 5.16. The maximum atomic E-state index is 14.1. The lowest BCUT2D eigenvalue weighted by molar-refractivity contribution is 0.281. The van der Waals surface area contributed by atoms with E-state index in [0.717, 1.165) is 6.07 Å². The molecule has 3 rings (SSSR count). The largest absolute Gasteiger partial charge is 0.497 e. The molecular weight excluding hydrogens is 332 g/mol. The lowest BCUT2D eigenvalue weighted by Gasteiger charge is -2.09. The molecule has 0 spiro atoms. The number of benzene rings is 2.